The van der Waals surface area contributed by atoms with Crippen molar-refractivity contribution in [2.75, 3.05) is 13.2 Å². The summed E-state index contributed by atoms with van der Waals surface area (Å²) in [6.07, 6.45) is 1.81. The van der Waals surface area contributed by atoms with Crippen molar-refractivity contribution < 1.29 is 14.3 Å². The predicted octanol–water partition coefficient (Wildman–Crippen LogP) is 5.03. The highest BCUT2D eigenvalue weighted by molar-refractivity contribution is 8.18. The Morgan fingerprint density at radius 2 is 1.78 bits per heavy atom. The van der Waals surface area contributed by atoms with Crippen LogP contribution in [0.25, 0.3) is 6.08 Å². The van der Waals surface area contributed by atoms with Crippen molar-refractivity contribution in [1.82, 2.24) is 5.32 Å². The summed E-state index contributed by atoms with van der Waals surface area (Å²) in [7, 11) is 0. The van der Waals surface area contributed by atoms with Crippen LogP contribution in [0.4, 0.5) is 5.69 Å². The number of rotatable bonds is 6. The molecule has 0 saturated carbocycles. The molecule has 3 rings (SSSR count). The molecule has 0 aliphatic carbocycles. The van der Waals surface area contributed by atoms with Gasteiger partial charge in [-0.15, -0.1) is 0 Å². The Hall–Kier alpha value is -2.44. The third kappa shape index (κ3) is 5.05. The third-order valence-corrected chi connectivity index (χ3v) is 4.74. The van der Waals surface area contributed by atoms with E-state index in [-0.39, 0.29) is 5.91 Å². The lowest BCUT2D eigenvalue weighted by Crippen LogP contribution is -2.19. The van der Waals surface area contributed by atoms with E-state index in [0.717, 1.165) is 11.3 Å². The smallest absolute Gasteiger partial charge is 0.264 e. The summed E-state index contributed by atoms with van der Waals surface area (Å²) >= 11 is 7.17. The molecule has 1 fully saturated rings. The molecule has 0 spiro atoms. The van der Waals surface area contributed by atoms with Gasteiger partial charge in [-0.2, -0.15) is 0 Å². The standard InChI is InChI=1S/C20H19ClN2O3S/c1-3-25-16-10-5-13(11-17(16)26-4-2)12-18-19(24)23-20(27-18)22-15-8-6-14(21)7-9-15/h5-12H,3-4H2,1-2H3,(H,22,23,24)/b18-12-. The van der Waals surface area contributed by atoms with E-state index in [1.807, 2.05) is 38.1 Å². The quantitative estimate of drug-likeness (QED) is 0.688. The third-order valence-electron chi connectivity index (χ3n) is 3.57. The Balaban J connectivity index is 1.81. The molecule has 5 nitrogen and oxygen atoms in total. The lowest BCUT2D eigenvalue weighted by molar-refractivity contribution is -0.115. The second-order valence-corrected chi connectivity index (χ2v) is 7.00. The zero-order chi connectivity index (χ0) is 19.2. The maximum Gasteiger partial charge on any atom is 0.264 e. The number of amidine groups is 1. The molecule has 2 aromatic carbocycles. The van der Waals surface area contributed by atoms with E-state index in [4.69, 9.17) is 21.1 Å². The van der Waals surface area contributed by atoms with E-state index in [0.29, 0.717) is 39.8 Å². The Morgan fingerprint density at radius 1 is 1.07 bits per heavy atom. The van der Waals surface area contributed by atoms with Crippen LogP contribution in [-0.4, -0.2) is 24.3 Å². The molecule has 1 N–H and O–H groups in total. The molecule has 140 valence electrons. The summed E-state index contributed by atoms with van der Waals surface area (Å²) in [6.45, 7) is 4.93. The maximum absolute atomic E-state index is 12.3. The van der Waals surface area contributed by atoms with Crippen LogP contribution in [0.1, 0.15) is 19.4 Å². The molecule has 1 heterocycles. The number of hydrogen-bond donors (Lipinski definition) is 1. The van der Waals surface area contributed by atoms with Gasteiger partial charge in [-0.05, 0) is 73.6 Å². The fourth-order valence-electron chi connectivity index (χ4n) is 2.42. The Morgan fingerprint density at radius 3 is 2.48 bits per heavy atom. The minimum atomic E-state index is -0.181. The first kappa shape index (κ1) is 19.3. The van der Waals surface area contributed by atoms with Crippen LogP contribution in [0.5, 0.6) is 11.5 Å². The van der Waals surface area contributed by atoms with E-state index in [1.54, 1.807) is 24.3 Å². The monoisotopic (exact) mass is 402 g/mol. The van der Waals surface area contributed by atoms with Gasteiger partial charge in [0.25, 0.3) is 5.91 Å². The van der Waals surface area contributed by atoms with E-state index < -0.39 is 0 Å². The van der Waals surface area contributed by atoms with Gasteiger partial charge >= 0.3 is 0 Å². The van der Waals surface area contributed by atoms with Gasteiger partial charge in [0.15, 0.2) is 16.7 Å². The number of hydrogen-bond acceptors (Lipinski definition) is 5. The second kappa shape index (κ2) is 8.97. The first-order chi connectivity index (χ1) is 13.1. The van der Waals surface area contributed by atoms with Gasteiger partial charge < -0.3 is 14.8 Å². The highest BCUT2D eigenvalue weighted by Crippen LogP contribution is 2.32. The van der Waals surface area contributed by atoms with Gasteiger partial charge in [0.1, 0.15) is 0 Å². The van der Waals surface area contributed by atoms with E-state index in [9.17, 15) is 4.79 Å². The van der Waals surface area contributed by atoms with Gasteiger partial charge in [-0.25, -0.2) is 4.99 Å². The zero-order valence-electron chi connectivity index (χ0n) is 15.0. The molecule has 0 atom stereocenters. The van der Waals surface area contributed by atoms with Crippen LogP contribution in [0.3, 0.4) is 0 Å². The lowest BCUT2D eigenvalue weighted by atomic mass is 10.2. The number of amides is 1. The van der Waals surface area contributed by atoms with Crippen molar-refractivity contribution >= 4 is 46.2 Å². The summed E-state index contributed by atoms with van der Waals surface area (Å²) in [5.41, 5.74) is 1.58. The van der Waals surface area contributed by atoms with Crippen molar-refractivity contribution in [2.24, 2.45) is 4.99 Å². The van der Waals surface area contributed by atoms with Gasteiger partial charge in [0.05, 0.1) is 23.8 Å². The zero-order valence-corrected chi connectivity index (χ0v) is 16.6. The summed E-state index contributed by atoms with van der Waals surface area (Å²) < 4.78 is 11.2. The average Bonchev–Trinajstić information content (AvgIpc) is 2.98. The molecular formula is C20H19ClN2O3S. The molecule has 1 aliphatic heterocycles. The van der Waals surface area contributed by atoms with Gasteiger partial charge in [-0.1, -0.05) is 17.7 Å². The number of benzene rings is 2. The molecule has 0 bridgehead atoms. The van der Waals surface area contributed by atoms with Crippen LogP contribution in [0.15, 0.2) is 52.4 Å². The molecular weight excluding hydrogens is 384 g/mol. The van der Waals surface area contributed by atoms with Gasteiger partial charge in [0, 0.05) is 5.02 Å². The topological polar surface area (TPSA) is 59.9 Å². The molecule has 1 aliphatic rings. The SMILES string of the molecule is CCOc1ccc(/C=C2\SC(=Nc3ccc(Cl)cc3)NC2=O)cc1OCC. The maximum atomic E-state index is 12.3. The number of carbonyl (C=O) groups excluding carboxylic acids is 1. The lowest BCUT2D eigenvalue weighted by Gasteiger charge is -2.11. The highest BCUT2D eigenvalue weighted by atomic mass is 35.5. The Kier molecular flexibility index (Phi) is 6.42. The molecule has 1 amide bonds. The fourth-order valence-corrected chi connectivity index (χ4v) is 3.39. The Labute approximate surface area is 167 Å². The molecule has 0 unspecified atom stereocenters. The van der Waals surface area contributed by atoms with Gasteiger partial charge in [-0.3, -0.25) is 4.79 Å². The number of nitrogens with zero attached hydrogens (tertiary/aromatic N) is 1. The fraction of sp³-hybridized carbons (Fsp3) is 0.200. The second-order valence-electron chi connectivity index (χ2n) is 5.53. The number of aliphatic imine (C=N–C) groups is 1. The summed E-state index contributed by atoms with van der Waals surface area (Å²) in [4.78, 5) is 17.2. The average molecular weight is 403 g/mol. The van der Waals surface area contributed by atoms with Crippen LogP contribution in [0, 0.1) is 0 Å². The number of halogens is 1. The van der Waals surface area contributed by atoms with Crippen LogP contribution < -0.4 is 14.8 Å². The van der Waals surface area contributed by atoms with Crippen molar-refractivity contribution in [3.8, 4) is 11.5 Å². The van der Waals surface area contributed by atoms with Crippen LogP contribution in [-0.2, 0) is 4.79 Å². The first-order valence-electron chi connectivity index (χ1n) is 8.54. The minimum Gasteiger partial charge on any atom is -0.490 e. The van der Waals surface area contributed by atoms with E-state index in [1.165, 1.54) is 11.8 Å². The summed E-state index contributed by atoms with van der Waals surface area (Å²) in [5.74, 6) is 1.17. The summed E-state index contributed by atoms with van der Waals surface area (Å²) in [5, 5.41) is 3.95. The predicted molar refractivity (Wildman–Crippen MR) is 111 cm³/mol. The number of ether oxygens (including phenoxy) is 2. The molecule has 0 radical (unpaired) electrons. The van der Waals surface area contributed by atoms with Crippen LogP contribution >= 0.6 is 23.4 Å². The minimum absolute atomic E-state index is 0.181. The number of carbonyl (C=O) groups is 1. The molecule has 1 saturated heterocycles. The molecule has 27 heavy (non-hydrogen) atoms. The van der Waals surface area contributed by atoms with E-state index in [2.05, 4.69) is 10.3 Å². The first-order valence-corrected chi connectivity index (χ1v) is 9.73. The molecule has 0 aromatic heterocycles. The van der Waals surface area contributed by atoms with Crippen LogP contribution in [0.2, 0.25) is 5.02 Å². The highest BCUT2D eigenvalue weighted by Gasteiger charge is 2.24. The van der Waals surface area contributed by atoms with Crippen molar-refractivity contribution in [3.05, 3.63) is 58.0 Å². The molecule has 7 heteroatoms. The normalized spacial score (nSPS) is 16.6. The number of nitrogens with one attached hydrogen (secondary N) is 1. The number of thioether (sulfide) groups is 1. The van der Waals surface area contributed by atoms with Crippen molar-refractivity contribution in [2.45, 2.75) is 13.8 Å². The van der Waals surface area contributed by atoms with Gasteiger partial charge in [0.2, 0.25) is 0 Å². The largest absolute Gasteiger partial charge is 0.490 e. The van der Waals surface area contributed by atoms with Crippen molar-refractivity contribution in [3.63, 3.8) is 0 Å². The van der Waals surface area contributed by atoms with Crippen molar-refractivity contribution in [1.29, 1.82) is 0 Å². The van der Waals surface area contributed by atoms with E-state index >= 15 is 0 Å². The Bertz CT molecular complexity index is 895. The summed E-state index contributed by atoms with van der Waals surface area (Å²) in [6, 6.07) is 12.7. The molecule has 2 aromatic rings.